The minimum Gasteiger partial charge on any atom is -0.461 e. The number of carbonyl (C=O) groups is 1. The van der Waals surface area contributed by atoms with Crippen molar-refractivity contribution in [2.24, 2.45) is 0 Å². The maximum atomic E-state index is 13.0. The summed E-state index contributed by atoms with van der Waals surface area (Å²) in [5.41, 5.74) is -1.31. The Bertz CT molecular complexity index is 571. The van der Waals surface area contributed by atoms with Gasteiger partial charge in [0.1, 0.15) is 5.69 Å². The molecule has 1 aromatic rings. The van der Waals surface area contributed by atoms with Gasteiger partial charge in [0.2, 0.25) is 0 Å². The zero-order chi connectivity index (χ0) is 15.3. The minimum absolute atomic E-state index is 0.0125. The van der Waals surface area contributed by atoms with Crippen LogP contribution in [-0.2, 0) is 21.1 Å². The first-order chi connectivity index (χ1) is 9.32. The third kappa shape index (κ3) is 3.95. The first kappa shape index (κ1) is 16.5. The fourth-order valence-electron chi connectivity index (χ4n) is 1.42. The van der Waals surface area contributed by atoms with Crippen LogP contribution in [0.25, 0.3) is 0 Å². The van der Waals surface area contributed by atoms with E-state index in [4.69, 9.17) is 0 Å². The highest BCUT2D eigenvalue weighted by atomic mass is 32.2. The Labute approximate surface area is 114 Å². The van der Waals surface area contributed by atoms with Crippen LogP contribution in [0.2, 0.25) is 0 Å². The lowest BCUT2D eigenvalue weighted by Crippen LogP contribution is -2.18. The quantitative estimate of drug-likeness (QED) is 0.693. The minimum atomic E-state index is -3.33. The van der Waals surface area contributed by atoms with E-state index in [1.807, 2.05) is 0 Å². The van der Waals surface area contributed by atoms with E-state index in [0.717, 1.165) is 4.68 Å². The Kier molecular flexibility index (Phi) is 5.54. The summed E-state index contributed by atoms with van der Waals surface area (Å²) >= 11 is 0. The van der Waals surface area contributed by atoms with E-state index < -0.39 is 33.6 Å². The SMILES string of the molecule is CCOC(=O)c1nnn(CCS(=O)(=O)CC)c1C(F)F. The van der Waals surface area contributed by atoms with Crippen LogP contribution in [0.4, 0.5) is 8.78 Å². The van der Waals surface area contributed by atoms with Crippen molar-refractivity contribution in [2.75, 3.05) is 18.1 Å². The normalized spacial score (nSPS) is 11.8. The van der Waals surface area contributed by atoms with Gasteiger partial charge >= 0.3 is 5.97 Å². The Balaban J connectivity index is 3.01. The van der Waals surface area contributed by atoms with Gasteiger partial charge in [-0.25, -0.2) is 26.7 Å². The maximum absolute atomic E-state index is 13.0. The number of aromatic nitrogens is 3. The smallest absolute Gasteiger partial charge is 0.361 e. The number of carbonyl (C=O) groups excluding carboxylic acids is 1. The molecule has 0 saturated carbocycles. The Hall–Kier alpha value is -1.58. The second kappa shape index (κ2) is 6.73. The lowest BCUT2D eigenvalue weighted by molar-refractivity contribution is 0.0506. The van der Waals surface area contributed by atoms with Gasteiger partial charge in [0.25, 0.3) is 6.43 Å². The Morgan fingerprint density at radius 1 is 1.40 bits per heavy atom. The predicted octanol–water partition coefficient (Wildman–Crippen LogP) is 0.827. The predicted molar refractivity (Wildman–Crippen MR) is 65.3 cm³/mol. The number of aryl methyl sites for hydroxylation is 1. The average molecular weight is 311 g/mol. The monoisotopic (exact) mass is 311 g/mol. The lowest BCUT2D eigenvalue weighted by Gasteiger charge is -2.07. The molecule has 114 valence electrons. The summed E-state index contributed by atoms with van der Waals surface area (Å²) in [4.78, 5) is 11.5. The maximum Gasteiger partial charge on any atom is 0.361 e. The summed E-state index contributed by atoms with van der Waals surface area (Å²) in [6, 6.07) is 0. The van der Waals surface area contributed by atoms with Crippen LogP contribution in [0.15, 0.2) is 0 Å². The molecule has 0 spiro atoms. The number of nitrogens with zero attached hydrogens (tertiary/aromatic N) is 3. The average Bonchev–Trinajstić information content (AvgIpc) is 2.81. The van der Waals surface area contributed by atoms with Crippen LogP contribution in [-0.4, -0.2) is 47.5 Å². The fourth-order valence-corrected chi connectivity index (χ4v) is 2.16. The molecule has 1 rings (SSSR count). The zero-order valence-corrected chi connectivity index (χ0v) is 11.9. The van der Waals surface area contributed by atoms with Crippen LogP contribution < -0.4 is 0 Å². The van der Waals surface area contributed by atoms with Gasteiger partial charge in [0, 0.05) is 5.75 Å². The molecule has 0 bridgehead atoms. The van der Waals surface area contributed by atoms with E-state index in [1.165, 1.54) is 13.8 Å². The molecule has 0 amide bonds. The molecule has 0 aliphatic heterocycles. The summed E-state index contributed by atoms with van der Waals surface area (Å²) in [7, 11) is -3.33. The molecule has 20 heavy (non-hydrogen) atoms. The van der Waals surface area contributed by atoms with Crippen molar-refractivity contribution >= 4 is 15.8 Å². The molecule has 0 N–H and O–H groups in total. The van der Waals surface area contributed by atoms with Gasteiger partial charge in [-0.05, 0) is 6.92 Å². The molecular weight excluding hydrogens is 296 g/mol. The van der Waals surface area contributed by atoms with Crippen molar-refractivity contribution in [3.63, 3.8) is 0 Å². The summed E-state index contributed by atoms with van der Waals surface area (Å²) in [5.74, 6) is -1.46. The van der Waals surface area contributed by atoms with E-state index in [0.29, 0.717) is 0 Å². The molecule has 0 aromatic carbocycles. The number of esters is 1. The van der Waals surface area contributed by atoms with Gasteiger partial charge in [0.15, 0.2) is 15.5 Å². The van der Waals surface area contributed by atoms with Crippen LogP contribution >= 0.6 is 0 Å². The van der Waals surface area contributed by atoms with Gasteiger partial charge in [-0.2, -0.15) is 0 Å². The molecule has 0 aliphatic rings. The van der Waals surface area contributed by atoms with Gasteiger partial charge in [-0.3, -0.25) is 0 Å². The Morgan fingerprint density at radius 2 is 2.05 bits per heavy atom. The number of halogens is 2. The number of hydrogen-bond donors (Lipinski definition) is 0. The van der Waals surface area contributed by atoms with Crippen LogP contribution in [0, 0.1) is 0 Å². The summed E-state index contributed by atoms with van der Waals surface area (Å²) in [5, 5.41) is 6.75. The van der Waals surface area contributed by atoms with Gasteiger partial charge in [-0.15, -0.1) is 5.10 Å². The molecule has 0 unspecified atom stereocenters. The third-order valence-electron chi connectivity index (χ3n) is 2.50. The van der Waals surface area contributed by atoms with E-state index in [9.17, 15) is 22.0 Å². The van der Waals surface area contributed by atoms with E-state index in [-0.39, 0.29) is 24.7 Å². The largest absolute Gasteiger partial charge is 0.461 e. The van der Waals surface area contributed by atoms with Gasteiger partial charge < -0.3 is 4.74 Å². The third-order valence-corrected chi connectivity index (χ3v) is 4.19. The fraction of sp³-hybridized carbons (Fsp3) is 0.700. The van der Waals surface area contributed by atoms with Crippen LogP contribution in [0.3, 0.4) is 0 Å². The van der Waals surface area contributed by atoms with Crippen LogP contribution in [0.5, 0.6) is 0 Å². The second-order valence-electron chi connectivity index (χ2n) is 3.80. The van der Waals surface area contributed by atoms with Gasteiger partial charge in [-0.1, -0.05) is 12.1 Å². The molecule has 0 radical (unpaired) electrons. The highest BCUT2D eigenvalue weighted by Gasteiger charge is 2.27. The number of rotatable bonds is 7. The van der Waals surface area contributed by atoms with Crippen molar-refractivity contribution in [1.82, 2.24) is 15.0 Å². The zero-order valence-electron chi connectivity index (χ0n) is 11.0. The lowest BCUT2D eigenvalue weighted by atomic mass is 10.3. The molecule has 7 nitrogen and oxygen atoms in total. The second-order valence-corrected chi connectivity index (χ2v) is 6.28. The highest BCUT2D eigenvalue weighted by Crippen LogP contribution is 2.22. The first-order valence-corrected chi connectivity index (χ1v) is 7.73. The summed E-state index contributed by atoms with van der Waals surface area (Å²) in [6.07, 6.45) is -3.01. The number of ether oxygens (including phenoxy) is 1. The van der Waals surface area contributed by atoms with E-state index in [2.05, 4.69) is 15.0 Å². The molecule has 0 fully saturated rings. The highest BCUT2D eigenvalue weighted by molar-refractivity contribution is 7.91. The number of alkyl halides is 2. The summed E-state index contributed by atoms with van der Waals surface area (Å²) in [6.45, 7) is 2.70. The molecule has 10 heteroatoms. The van der Waals surface area contributed by atoms with Gasteiger partial charge in [0.05, 0.1) is 18.9 Å². The first-order valence-electron chi connectivity index (χ1n) is 5.91. The Morgan fingerprint density at radius 3 is 2.55 bits per heavy atom. The standard InChI is InChI=1S/C10H15F2N3O4S/c1-3-19-10(16)7-8(9(11)12)15(14-13-7)5-6-20(17,18)4-2/h9H,3-6H2,1-2H3. The molecule has 1 heterocycles. The van der Waals surface area contributed by atoms with Crippen molar-refractivity contribution in [2.45, 2.75) is 26.8 Å². The molecule has 0 aliphatic carbocycles. The molecule has 1 aromatic heterocycles. The molecule has 0 atom stereocenters. The van der Waals surface area contributed by atoms with Crippen LogP contribution in [0.1, 0.15) is 36.5 Å². The molecular formula is C10H15F2N3O4S. The molecule has 0 saturated heterocycles. The van der Waals surface area contributed by atoms with Crippen molar-refractivity contribution in [1.29, 1.82) is 0 Å². The van der Waals surface area contributed by atoms with Crippen molar-refractivity contribution in [3.05, 3.63) is 11.4 Å². The summed E-state index contributed by atoms with van der Waals surface area (Å²) < 4.78 is 54.0. The number of hydrogen-bond acceptors (Lipinski definition) is 6. The topological polar surface area (TPSA) is 91.2 Å². The van der Waals surface area contributed by atoms with Crippen molar-refractivity contribution in [3.8, 4) is 0 Å². The number of sulfone groups is 1. The van der Waals surface area contributed by atoms with E-state index >= 15 is 0 Å². The van der Waals surface area contributed by atoms with Crippen molar-refractivity contribution < 1.29 is 26.7 Å². The van der Waals surface area contributed by atoms with E-state index in [1.54, 1.807) is 0 Å².